The number of para-hydroxylation sites is 1. The minimum Gasteiger partial charge on any atom is -0.481 e. The fraction of sp³-hybridized carbons (Fsp3) is 0.267. The molecule has 1 N–H and O–H groups in total. The van der Waals surface area contributed by atoms with E-state index in [0.29, 0.717) is 30.9 Å². The zero-order valence-corrected chi connectivity index (χ0v) is 10.8. The molecule has 1 atom stereocenters. The molecule has 1 aromatic heterocycles. The molecule has 100 valence electrons. The number of carbonyl (C=O) groups is 1. The molecule has 1 fully saturated rings. The molecule has 1 aliphatic heterocycles. The molecule has 1 saturated heterocycles. The van der Waals surface area contributed by atoms with E-state index in [1.165, 1.54) is 0 Å². The van der Waals surface area contributed by atoms with E-state index in [0.717, 1.165) is 10.9 Å². The third-order valence-electron chi connectivity index (χ3n) is 3.66. The number of aromatic nitrogens is 1. The van der Waals surface area contributed by atoms with Crippen LogP contribution in [0.2, 0.25) is 0 Å². The number of anilines is 1. The van der Waals surface area contributed by atoms with Crippen LogP contribution in [0.5, 0.6) is 0 Å². The van der Waals surface area contributed by atoms with Gasteiger partial charge in [0.15, 0.2) is 0 Å². The molecule has 5 nitrogen and oxygen atoms in total. The molecular formula is C15H13N3O2. The average molecular weight is 267 g/mol. The van der Waals surface area contributed by atoms with Crippen LogP contribution in [0.1, 0.15) is 12.0 Å². The first-order valence-corrected chi connectivity index (χ1v) is 6.46. The van der Waals surface area contributed by atoms with Crippen LogP contribution < -0.4 is 4.90 Å². The van der Waals surface area contributed by atoms with Crippen molar-refractivity contribution in [1.82, 2.24) is 4.98 Å². The topological polar surface area (TPSA) is 77.2 Å². The fourth-order valence-corrected chi connectivity index (χ4v) is 2.58. The van der Waals surface area contributed by atoms with Crippen LogP contribution in [-0.2, 0) is 4.79 Å². The maximum Gasteiger partial charge on any atom is 0.308 e. The Morgan fingerprint density at radius 2 is 2.25 bits per heavy atom. The van der Waals surface area contributed by atoms with Gasteiger partial charge in [-0.3, -0.25) is 4.79 Å². The van der Waals surface area contributed by atoms with Gasteiger partial charge in [-0.1, -0.05) is 18.2 Å². The zero-order chi connectivity index (χ0) is 14.1. The van der Waals surface area contributed by atoms with Gasteiger partial charge in [0.1, 0.15) is 11.9 Å². The molecular weight excluding hydrogens is 254 g/mol. The number of hydrogen-bond donors (Lipinski definition) is 1. The summed E-state index contributed by atoms with van der Waals surface area (Å²) in [7, 11) is 0. The van der Waals surface area contributed by atoms with Gasteiger partial charge in [-0.05, 0) is 18.6 Å². The number of rotatable bonds is 2. The first-order chi connectivity index (χ1) is 9.69. The van der Waals surface area contributed by atoms with Crippen LogP contribution in [0.15, 0.2) is 30.3 Å². The Hall–Kier alpha value is -2.61. The summed E-state index contributed by atoms with van der Waals surface area (Å²) < 4.78 is 0. The smallest absolute Gasteiger partial charge is 0.308 e. The van der Waals surface area contributed by atoms with Crippen molar-refractivity contribution >= 4 is 22.7 Å². The van der Waals surface area contributed by atoms with E-state index < -0.39 is 5.97 Å². The standard InChI is InChI=1S/C15H13N3O2/c16-8-12-7-10-3-1-2-4-13(10)17-14(12)18-6-5-11(9-18)15(19)20/h1-4,7,11H,5-6,9H2,(H,19,20). The lowest BCUT2D eigenvalue weighted by Crippen LogP contribution is -2.24. The van der Waals surface area contributed by atoms with Crippen LogP contribution in [0.4, 0.5) is 5.82 Å². The number of fused-ring (bicyclic) bond motifs is 1. The molecule has 5 heteroatoms. The lowest BCUT2D eigenvalue weighted by molar-refractivity contribution is -0.140. The van der Waals surface area contributed by atoms with Crippen LogP contribution in [0.25, 0.3) is 10.9 Å². The molecule has 0 amide bonds. The summed E-state index contributed by atoms with van der Waals surface area (Å²) in [6.07, 6.45) is 0.592. The van der Waals surface area contributed by atoms with Crippen LogP contribution >= 0.6 is 0 Å². The summed E-state index contributed by atoms with van der Waals surface area (Å²) in [5.74, 6) is -0.573. The summed E-state index contributed by atoms with van der Waals surface area (Å²) in [5.41, 5.74) is 1.31. The molecule has 0 bridgehead atoms. The zero-order valence-electron chi connectivity index (χ0n) is 10.8. The predicted octanol–water partition coefficient (Wildman–Crippen LogP) is 2.02. The average Bonchev–Trinajstić information content (AvgIpc) is 2.95. The van der Waals surface area contributed by atoms with E-state index >= 15 is 0 Å². The van der Waals surface area contributed by atoms with E-state index in [9.17, 15) is 10.1 Å². The summed E-state index contributed by atoms with van der Waals surface area (Å²) >= 11 is 0. The minimum absolute atomic E-state index is 0.380. The van der Waals surface area contributed by atoms with E-state index in [-0.39, 0.29) is 5.92 Å². The van der Waals surface area contributed by atoms with Gasteiger partial charge < -0.3 is 10.0 Å². The molecule has 0 aliphatic carbocycles. The number of nitriles is 1. The van der Waals surface area contributed by atoms with Gasteiger partial charge >= 0.3 is 5.97 Å². The quantitative estimate of drug-likeness (QED) is 0.900. The molecule has 1 aromatic carbocycles. The first kappa shape index (κ1) is 12.4. The molecule has 0 saturated carbocycles. The Balaban J connectivity index is 2.03. The summed E-state index contributed by atoms with van der Waals surface area (Å²) in [6, 6.07) is 11.6. The SMILES string of the molecule is N#Cc1cc2ccccc2nc1N1CCC(C(=O)O)C1. The van der Waals surface area contributed by atoms with Gasteiger partial charge in [0.2, 0.25) is 0 Å². The maximum atomic E-state index is 11.0. The number of hydrogen-bond acceptors (Lipinski definition) is 4. The summed E-state index contributed by atoms with van der Waals surface area (Å²) in [5, 5.41) is 19.3. The van der Waals surface area contributed by atoms with Crippen LogP contribution in [-0.4, -0.2) is 29.1 Å². The lowest BCUT2D eigenvalue weighted by atomic mass is 10.1. The van der Waals surface area contributed by atoms with Crippen molar-refractivity contribution in [1.29, 1.82) is 5.26 Å². The van der Waals surface area contributed by atoms with Crippen molar-refractivity contribution in [2.75, 3.05) is 18.0 Å². The van der Waals surface area contributed by atoms with Crippen LogP contribution in [0.3, 0.4) is 0 Å². The number of carboxylic acid groups (broad SMARTS) is 1. The van der Waals surface area contributed by atoms with Gasteiger partial charge in [0.05, 0.1) is 17.0 Å². The van der Waals surface area contributed by atoms with Crippen molar-refractivity contribution in [2.45, 2.75) is 6.42 Å². The third-order valence-corrected chi connectivity index (χ3v) is 3.66. The first-order valence-electron chi connectivity index (χ1n) is 6.46. The number of pyridine rings is 1. The maximum absolute atomic E-state index is 11.0. The highest BCUT2D eigenvalue weighted by atomic mass is 16.4. The monoisotopic (exact) mass is 267 g/mol. The molecule has 1 aliphatic rings. The van der Waals surface area contributed by atoms with Crippen LogP contribution in [0, 0.1) is 17.2 Å². The van der Waals surface area contributed by atoms with E-state index in [1.54, 1.807) is 0 Å². The second kappa shape index (κ2) is 4.82. The van der Waals surface area contributed by atoms with E-state index in [4.69, 9.17) is 5.11 Å². The highest BCUT2D eigenvalue weighted by molar-refractivity contribution is 5.83. The molecule has 20 heavy (non-hydrogen) atoms. The van der Waals surface area contributed by atoms with Gasteiger partial charge in [-0.15, -0.1) is 0 Å². The number of carboxylic acids is 1. The van der Waals surface area contributed by atoms with Gasteiger partial charge in [-0.25, -0.2) is 4.98 Å². The number of nitrogens with zero attached hydrogens (tertiary/aromatic N) is 3. The van der Waals surface area contributed by atoms with Crippen molar-refractivity contribution in [3.05, 3.63) is 35.9 Å². The molecule has 2 aromatic rings. The van der Waals surface area contributed by atoms with Crippen molar-refractivity contribution in [2.24, 2.45) is 5.92 Å². The largest absolute Gasteiger partial charge is 0.481 e. The van der Waals surface area contributed by atoms with Gasteiger partial charge in [0, 0.05) is 18.5 Å². The highest BCUT2D eigenvalue weighted by Crippen LogP contribution is 2.28. The van der Waals surface area contributed by atoms with E-state index in [2.05, 4.69) is 11.1 Å². The Kier molecular flexibility index (Phi) is 2.99. The lowest BCUT2D eigenvalue weighted by Gasteiger charge is -2.18. The minimum atomic E-state index is -0.785. The number of benzene rings is 1. The molecule has 0 spiro atoms. The van der Waals surface area contributed by atoms with Crippen molar-refractivity contribution in [3.63, 3.8) is 0 Å². The summed E-state index contributed by atoms with van der Waals surface area (Å²) in [4.78, 5) is 17.5. The fourth-order valence-electron chi connectivity index (χ4n) is 2.58. The van der Waals surface area contributed by atoms with Crippen molar-refractivity contribution in [3.8, 4) is 6.07 Å². The molecule has 2 heterocycles. The van der Waals surface area contributed by atoms with E-state index in [1.807, 2.05) is 35.2 Å². The Morgan fingerprint density at radius 1 is 1.45 bits per heavy atom. The Morgan fingerprint density at radius 3 is 2.95 bits per heavy atom. The second-order valence-corrected chi connectivity index (χ2v) is 4.93. The molecule has 3 rings (SSSR count). The summed E-state index contributed by atoms with van der Waals surface area (Å²) in [6.45, 7) is 1.03. The normalized spacial score (nSPS) is 18.1. The van der Waals surface area contributed by atoms with Crippen molar-refractivity contribution < 1.29 is 9.90 Å². The molecule has 1 unspecified atom stereocenters. The second-order valence-electron chi connectivity index (χ2n) is 4.93. The van der Waals surface area contributed by atoms with Gasteiger partial charge in [-0.2, -0.15) is 5.26 Å². The van der Waals surface area contributed by atoms with Gasteiger partial charge in [0.25, 0.3) is 0 Å². The highest BCUT2D eigenvalue weighted by Gasteiger charge is 2.30. The Labute approximate surface area is 116 Å². The predicted molar refractivity (Wildman–Crippen MR) is 74.4 cm³/mol. The number of aliphatic carboxylic acids is 1. The third kappa shape index (κ3) is 2.05. The molecule has 0 radical (unpaired) electrons. The Bertz CT molecular complexity index is 721.